The van der Waals surface area contributed by atoms with Crippen LogP contribution in [0.4, 0.5) is 0 Å². The molecule has 9 heteroatoms. The Balaban J connectivity index is 1.27. The van der Waals surface area contributed by atoms with Crippen LogP contribution in [0.15, 0.2) is 72.8 Å². The van der Waals surface area contributed by atoms with Crippen molar-refractivity contribution in [2.75, 3.05) is 39.0 Å². The van der Waals surface area contributed by atoms with Crippen molar-refractivity contribution in [3.8, 4) is 11.8 Å². The first-order chi connectivity index (χ1) is 19.2. The van der Waals surface area contributed by atoms with E-state index in [1.165, 1.54) is 20.6 Å². The molecule has 3 aromatic rings. The lowest BCUT2D eigenvalue weighted by molar-refractivity contribution is -0.126. The number of sulfonamides is 1. The summed E-state index contributed by atoms with van der Waals surface area (Å²) >= 11 is 0. The Hall–Kier alpha value is -3.71. The van der Waals surface area contributed by atoms with Gasteiger partial charge in [0.15, 0.2) is 0 Å². The van der Waals surface area contributed by atoms with E-state index in [1.807, 2.05) is 42.5 Å². The maximum Gasteiger partial charge on any atom is 0.240 e. The standard InChI is InChI=1S/C31H36N4O4S/c1-24(28-16-8-14-26-13-6-7-15-29(26)28)34-20-17-27(18-21-34)35(40(2,38)39)23-31(37)33-22-30(36)32-19-9-12-25-10-4-3-5-11-25/h3-8,10-11,13-16,24,27H,17-23H2,1-2H3,(H,32,36)(H,33,37)/t24-/m1/s1. The van der Waals surface area contributed by atoms with E-state index in [4.69, 9.17) is 0 Å². The van der Waals surface area contributed by atoms with Crippen LogP contribution in [0.1, 0.15) is 36.9 Å². The topological polar surface area (TPSA) is 98.8 Å². The molecule has 4 rings (SSSR count). The monoisotopic (exact) mass is 560 g/mol. The SMILES string of the molecule is C[C@H](c1cccc2ccccc12)N1CCC(N(CC(=O)NCC(=O)NCC#Cc2ccccc2)S(C)(=O)=O)CC1. The molecule has 2 amide bonds. The van der Waals surface area contributed by atoms with E-state index in [2.05, 4.69) is 64.6 Å². The number of amides is 2. The van der Waals surface area contributed by atoms with E-state index in [0.717, 1.165) is 24.9 Å². The Morgan fingerprint density at radius 2 is 1.62 bits per heavy atom. The van der Waals surface area contributed by atoms with E-state index in [-0.39, 0.29) is 31.7 Å². The van der Waals surface area contributed by atoms with Crippen LogP contribution in [0.5, 0.6) is 0 Å². The van der Waals surface area contributed by atoms with E-state index in [0.29, 0.717) is 12.8 Å². The summed E-state index contributed by atoms with van der Waals surface area (Å²) in [7, 11) is -3.63. The predicted molar refractivity (Wildman–Crippen MR) is 158 cm³/mol. The van der Waals surface area contributed by atoms with Gasteiger partial charge in [-0.1, -0.05) is 72.5 Å². The second kappa shape index (κ2) is 13.6. The summed E-state index contributed by atoms with van der Waals surface area (Å²) in [5.41, 5.74) is 2.10. The Bertz CT molecular complexity index is 1480. The number of hydrogen-bond acceptors (Lipinski definition) is 5. The largest absolute Gasteiger partial charge is 0.346 e. The van der Waals surface area contributed by atoms with Crippen LogP contribution < -0.4 is 10.6 Å². The number of nitrogens with zero attached hydrogens (tertiary/aromatic N) is 2. The number of piperidine rings is 1. The summed E-state index contributed by atoms with van der Waals surface area (Å²) in [5.74, 6) is 4.90. The zero-order valence-corrected chi connectivity index (χ0v) is 23.8. The molecule has 0 unspecified atom stereocenters. The minimum Gasteiger partial charge on any atom is -0.346 e. The van der Waals surface area contributed by atoms with Crippen molar-refractivity contribution in [3.05, 3.63) is 83.9 Å². The Kier molecular flexibility index (Phi) is 9.93. The minimum atomic E-state index is -3.63. The normalized spacial score (nSPS) is 15.3. The van der Waals surface area contributed by atoms with Crippen LogP contribution >= 0.6 is 0 Å². The van der Waals surface area contributed by atoms with Gasteiger partial charge in [0.2, 0.25) is 21.8 Å². The highest BCUT2D eigenvalue weighted by molar-refractivity contribution is 7.88. The highest BCUT2D eigenvalue weighted by Crippen LogP contribution is 2.31. The second-order valence-corrected chi connectivity index (χ2v) is 12.0. The molecule has 1 fully saturated rings. The molecular weight excluding hydrogens is 524 g/mol. The molecule has 0 saturated carbocycles. The molecule has 1 aliphatic rings. The molecule has 0 bridgehead atoms. The highest BCUT2D eigenvalue weighted by atomic mass is 32.2. The maximum absolute atomic E-state index is 12.6. The molecule has 0 aliphatic carbocycles. The van der Waals surface area contributed by atoms with Crippen molar-refractivity contribution < 1.29 is 18.0 Å². The summed E-state index contributed by atoms with van der Waals surface area (Å²) in [5, 5.41) is 7.59. The fourth-order valence-electron chi connectivity index (χ4n) is 5.14. The molecule has 40 heavy (non-hydrogen) atoms. The van der Waals surface area contributed by atoms with Gasteiger partial charge in [0.1, 0.15) is 0 Å². The number of fused-ring (bicyclic) bond motifs is 1. The molecule has 0 spiro atoms. The number of benzene rings is 3. The van der Waals surface area contributed by atoms with Crippen LogP contribution in [-0.2, 0) is 19.6 Å². The first kappa shape index (κ1) is 29.3. The predicted octanol–water partition coefficient (Wildman–Crippen LogP) is 2.91. The number of carbonyl (C=O) groups is 2. The van der Waals surface area contributed by atoms with E-state index >= 15 is 0 Å². The Labute approximate surface area is 236 Å². The summed E-state index contributed by atoms with van der Waals surface area (Å²) in [6, 6.07) is 24.0. The van der Waals surface area contributed by atoms with Crippen molar-refractivity contribution in [1.82, 2.24) is 19.8 Å². The lowest BCUT2D eigenvalue weighted by Gasteiger charge is -2.39. The molecule has 2 N–H and O–H groups in total. The van der Waals surface area contributed by atoms with Crippen LogP contribution in [-0.4, -0.2) is 74.5 Å². The van der Waals surface area contributed by atoms with Crippen LogP contribution in [0.2, 0.25) is 0 Å². The van der Waals surface area contributed by atoms with Crippen molar-refractivity contribution >= 4 is 32.6 Å². The van der Waals surface area contributed by atoms with E-state index in [9.17, 15) is 18.0 Å². The van der Waals surface area contributed by atoms with Crippen LogP contribution in [0.25, 0.3) is 10.8 Å². The second-order valence-electron chi connectivity index (χ2n) is 10.0. The third-order valence-corrected chi connectivity index (χ3v) is 8.56. The number of nitrogens with one attached hydrogen (secondary N) is 2. The van der Waals surface area contributed by atoms with Gasteiger partial charge in [-0.05, 0) is 48.2 Å². The summed E-state index contributed by atoms with van der Waals surface area (Å²) in [6.45, 7) is 3.20. The minimum absolute atomic E-state index is 0.148. The van der Waals surface area contributed by atoms with Gasteiger partial charge in [-0.3, -0.25) is 14.5 Å². The van der Waals surface area contributed by atoms with Gasteiger partial charge >= 0.3 is 0 Å². The third-order valence-electron chi connectivity index (χ3n) is 7.28. The smallest absolute Gasteiger partial charge is 0.240 e. The van der Waals surface area contributed by atoms with Gasteiger partial charge in [0.25, 0.3) is 0 Å². The van der Waals surface area contributed by atoms with Crippen molar-refractivity contribution in [3.63, 3.8) is 0 Å². The first-order valence-corrected chi connectivity index (χ1v) is 15.3. The molecule has 1 saturated heterocycles. The lowest BCUT2D eigenvalue weighted by Crippen LogP contribution is -2.51. The third kappa shape index (κ3) is 7.92. The Morgan fingerprint density at radius 3 is 2.35 bits per heavy atom. The number of rotatable bonds is 9. The molecule has 3 aromatic carbocycles. The molecular formula is C31H36N4O4S. The first-order valence-electron chi connectivity index (χ1n) is 13.5. The van der Waals surface area contributed by atoms with Gasteiger partial charge in [-0.25, -0.2) is 8.42 Å². The zero-order valence-electron chi connectivity index (χ0n) is 23.0. The molecule has 8 nitrogen and oxygen atoms in total. The molecule has 1 aliphatic heterocycles. The van der Waals surface area contributed by atoms with Crippen LogP contribution in [0, 0.1) is 11.8 Å². The number of hydrogen-bond donors (Lipinski definition) is 2. The van der Waals surface area contributed by atoms with Crippen molar-refractivity contribution in [2.45, 2.75) is 31.8 Å². The van der Waals surface area contributed by atoms with Gasteiger partial charge in [-0.2, -0.15) is 4.31 Å². The van der Waals surface area contributed by atoms with E-state index < -0.39 is 21.8 Å². The van der Waals surface area contributed by atoms with Gasteiger partial charge in [0.05, 0.1) is 25.9 Å². The number of likely N-dealkylation sites (tertiary alicyclic amines) is 1. The van der Waals surface area contributed by atoms with Crippen LogP contribution in [0.3, 0.4) is 0 Å². The summed E-state index contributed by atoms with van der Waals surface area (Å²) in [6.07, 6.45) is 2.37. The fourth-order valence-corrected chi connectivity index (χ4v) is 6.24. The van der Waals surface area contributed by atoms with E-state index in [1.54, 1.807) is 0 Å². The fraction of sp³-hybridized carbons (Fsp3) is 0.355. The lowest BCUT2D eigenvalue weighted by atomic mass is 9.96. The Morgan fingerprint density at radius 1 is 0.950 bits per heavy atom. The van der Waals surface area contributed by atoms with Crippen molar-refractivity contribution in [2.24, 2.45) is 0 Å². The average molecular weight is 561 g/mol. The molecule has 1 atom stereocenters. The molecule has 1 heterocycles. The quantitative estimate of drug-likeness (QED) is 0.392. The average Bonchev–Trinajstić information content (AvgIpc) is 2.96. The number of carbonyl (C=O) groups excluding carboxylic acids is 2. The highest BCUT2D eigenvalue weighted by Gasteiger charge is 2.33. The molecule has 0 radical (unpaired) electrons. The van der Waals surface area contributed by atoms with Gasteiger partial charge in [0, 0.05) is 30.7 Å². The maximum atomic E-state index is 12.6. The summed E-state index contributed by atoms with van der Waals surface area (Å²) in [4.78, 5) is 27.1. The molecule has 0 aromatic heterocycles. The molecule has 210 valence electrons. The summed E-state index contributed by atoms with van der Waals surface area (Å²) < 4.78 is 26.5. The van der Waals surface area contributed by atoms with Gasteiger partial charge in [-0.15, -0.1) is 0 Å². The van der Waals surface area contributed by atoms with Crippen molar-refractivity contribution in [1.29, 1.82) is 0 Å². The zero-order chi connectivity index (χ0) is 28.5. The van der Waals surface area contributed by atoms with Gasteiger partial charge < -0.3 is 10.6 Å².